The van der Waals surface area contributed by atoms with Gasteiger partial charge in [0.2, 0.25) is 0 Å². The third-order valence-electron chi connectivity index (χ3n) is 10.0. The molecule has 0 fully saturated rings. The van der Waals surface area contributed by atoms with Gasteiger partial charge >= 0.3 is 11.5 Å². The number of H-pyrrole nitrogens is 1. The zero-order valence-electron chi connectivity index (χ0n) is 28.7. The number of anilines is 1. The minimum Gasteiger partial charge on any atom is -0.476 e. The Balaban J connectivity index is 1.53. The van der Waals surface area contributed by atoms with E-state index in [1.165, 1.54) is 0 Å². The summed E-state index contributed by atoms with van der Waals surface area (Å²) >= 11 is 0. The molecule has 54 heavy (non-hydrogen) atoms. The Labute approximate surface area is 309 Å². The Morgan fingerprint density at radius 3 is 1.89 bits per heavy atom. The van der Waals surface area contributed by atoms with Gasteiger partial charge in [-0.25, -0.2) is 14.8 Å². The topological polar surface area (TPSA) is 124 Å². The lowest BCUT2D eigenvalue weighted by atomic mass is 9.79. The second-order valence-corrected chi connectivity index (χ2v) is 13.2. The summed E-state index contributed by atoms with van der Waals surface area (Å²) in [6, 6.07) is 40.0. The number of nitrogens with one attached hydrogen (secondary N) is 1. The van der Waals surface area contributed by atoms with E-state index in [4.69, 9.17) is 9.98 Å². The molecule has 4 aromatic carbocycles. The van der Waals surface area contributed by atoms with Crippen molar-refractivity contribution >= 4 is 52.0 Å². The number of carboxylic acid groups (broad SMARTS) is 1. The molecule has 260 valence electrons. The highest BCUT2D eigenvalue weighted by atomic mass is 16.6. The largest absolute Gasteiger partial charge is 0.476 e. The number of carboxylic acids is 1. The van der Waals surface area contributed by atoms with Gasteiger partial charge in [-0.3, -0.25) is 10.1 Å². The van der Waals surface area contributed by atoms with E-state index in [2.05, 4.69) is 4.98 Å². The molecule has 2 unspecified atom stereocenters. The molecule has 2 atom stereocenters. The summed E-state index contributed by atoms with van der Waals surface area (Å²) in [6.45, 7) is 0. The van der Waals surface area contributed by atoms with E-state index in [1.807, 2.05) is 127 Å². The van der Waals surface area contributed by atoms with Crippen molar-refractivity contribution in [1.29, 1.82) is 0 Å². The van der Waals surface area contributed by atoms with E-state index in [9.17, 15) is 20.0 Å². The smallest absolute Gasteiger partial charge is 0.390 e. The Hall–Kier alpha value is -7.39. The number of allylic oxidation sites excluding steroid dienone is 5. The van der Waals surface area contributed by atoms with Gasteiger partial charge in [0.15, 0.2) is 0 Å². The van der Waals surface area contributed by atoms with Gasteiger partial charge in [0, 0.05) is 32.5 Å². The van der Waals surface area contributed by atoms with Crippen molar-refractivity contribution in [3.8, 4) is 0 Å². The molecular weight excluding hydrogens is 675 g/mol. The van der Waals surface area contributed by atoms with Gasteiger partial charge in [-0.15, -0.1) is 0 Å². The van der Waals surface area contributed by atoms with Crippen molar-refractivity contribution in [2.75, 3.05) is 4.90 Å². The molecule has 0 amide bonds. The highest BCUT2D eigenvalue weighted by molar-refractivity contribution is 6.26. The molecule has 0 radical (unpaired) electrons. The molecule has 9 heteroatoms. The summed E-state index contributed by atoms with van der Waals surface area (Å²) in [5.41, 5.74) is 3.79. The van der Waals surface area contributed by atoms with E-state index in [1.54, 1.807) is 47.4 Å². The standard InChI is InChI=1S/C45H31N5O4/c51-44(52)45(50(53)54)39-28-35-24-23-33(47-35)25-32-21-22-34(46-32)26-36-27-38(29-13-5-1-6-14-29)42(48-36)40(30-15-7-2-8-16-30)43(41(45)31-17-9-3-10-18-31)49(39)37-19-11-4-12-20-37/h1-28,39,46H,(H,51,52)/b32-25-,34-26-,35-28-,42-40-. The molecule has 8 bridgehead atoms. The summed E-state index contributed by atoms with van der Waals surface area (Å²) in [5, 5.41) is 27.1. The summed E-state index contributed by atoms with van der Waals surface area (Å²) in [7, 11) is 0. The van der Waals surface area contributed by atoms with Crippen LogP contribution in [0.4, 0.5) is 5.69 Å². The van der Waals surface area contributed by atoms with Crippen molar-refractivity contribution in [2.24, 2.45) is 9.98 Å². The zero-order chi connectivity index (χ0) is 36.8. The molecule has 9 rings (SSSR count). The molecule has 1 aromatic heterocycles. The van der Waals surface area contributed by atoms with E-state index < -0.39 is 22.5 Å². The van der Waals surface area contributed by atoms with E-state index >= 15 is 0 Å². The van der Waals surface area contributed by atoms with Crippen molar-refractivity contribution in [1.82, 2.24) is 4.98 Å². The predicted octanol–water partition coefficient (Wildman–Crippen LogP) is 6.83. The van der Waals surface area contributed by atoms with Gasteiger partial charge in [0.25, 0.3) is 0 Å². The number of aliphatic carboxylic acids is 1. The third-order valence-corrected chi connectivity index (χ3v) is 10.0. The molecule has 2 N–H and O–H groups in total. The molecule has 4 aliphatic heterocycles. The highest BCUT2D eigenvalue weighted by Crippen LogP contribution is 2.54. The van der Waals surface area contributed by atoms with Gasteiger partial charge in [0.1, 0.15) is 6.04 Å². The number of nitro groups is 1. The van der Waals surface area contributed by atoms with Crippen molar-refractivity contribution in [3.63, 3.8) is 0 Å². The van der Waals surface area contributed by atoms with Gasteiger partial charge in [0.05, 0.1) is 34.1 Å². The van der Waals surface area contributed by atoms with Crippen LogP contribution in [-0.2, 0) is 4.79 Å². The van der Waals surface area contributed by atoms with Crippen molar-refractivity contribution in [2.45, 2.75) is 11.6 Å². The van der Waals surface area contributed by atoms with Crippen LogP contribution in [0.15, 0.2) is 185 Å². The zero-order valence-corrected chi connectivity index (χ0v) is 28.7. The third kappa shape index (κ3) is 5.29. The van der Waals surface area contributed by atoms with Gasteiger partial charge in [-0.05, 0) is 77.4 Å². The van der Waals surface area contributed by atoms with Crippen molar-refractivity contribution < 1.29 is 14.8 Å². The number of nitrogens with zero attached hydrogens (tertiary/aromatic N) is 4. The second-order valence-electron chi connectivity index (χ2n) is 13.2. The number of aromatic nitrogens is 1. The van der Waals surface area contributed by atoms with Gasteiger partial charge < -0.3 is 15.0 Å². The fourth-order valence-corrected chi connectivity index (χ4v) is 7.74. The number of carbonyl (C=O) groups is 1. The Morgan fingerprint density at radius 1 is 0.704 bits per heavy atom. The number of fused-ring (bicyclic) bond motifs is 6. The minimum atomic E-state index is -2.70. The number of para-hydroxylation sites is 1. The molecule has 5 heterocycles. The lowest BCUT2D eigenvalue weighted by molar-refractivity contribution is -0.537. The molecule has 0 aliphatic carbocycles. The number of rotatable bonds is 6. The number of aromatic amines is 1. The average Bonchev–Trinajstić information content (AvgIpc) is 3.99. The van der Waals surface area contributed by atoms with E-state index in [0.717, 1.165) is 21.8 Å². The van der Waals surface area contributed by atoms with Crippen LogP contribution < -0.4 is 15.6 Å². The highest BCUT2D eigenvalue weighted by Gasteiger charge is 2.69. The van der Waals surface area contributed by atoms with Crippen molar-refractivity contribution in [3.05, 3.63) is 212 Å². The van der Waals surface area contributed by atoms with Crippen LogP contribution in [0.2, 0.25) is 0 Å². The van der Waals surface area contributed by atoms with Gasteiger partial charge in [-0.1, -0.05) is 109 Å². The first-order valence-corrected chi connectivity index (χ1v) is 17.5. The molecule has 9 nitrogen and oxygen atoms in total. The molecule has 5 aromatic rings. The predicted molar refractivity (Wildman–Crippen MR) is 212 cm³/mol. The molecule has 0 saturated carbocycles. The van der Waals surface area contributed by atoms with Crippen LogP contribution in [0.1, 0.15) is 16.7 Å². The normalized spacial score (nSPS) is 23.7. The number of hydrogen-bond acceptors (Lipinski definition) is 6. The van der Waals surface area contributed by atoms with E-state index in [0.29, 0.717) is 50.9 Å². The summed E-state index contributed by atoms with van der Waals surface area (Å²) in [5.74, 6) is -1.60. The van der Waals surface area contributed by atoms with Crippen LogP contribution in [0.25, 0.3) is 28.9 Å². The first-order valence-electron chi connectivity index (χ1n) is 17.5. The number of aliphatic imine (C=N–C) groups is 2. The molecule has 4 aliphatic rings. The van der Waals surface area contributed by atoms with Crippen LogP contribution >= 0.6 is 0 Å². The number of benzene rings is 4. The lowest BCUT2D eigenvalue weighted by Crippen LogP contribution is -2.57. The Bertz CT molecular complexity index is 2690. The van der Waals surface area contributed by atoms with Crippen LogP contribution in [-0.4, -0.2) is 44.0 Å². The maximum Gasteiger partial charge on any atom is 0.390 e. The summed E-state index contributed by atoms with van der Waals surface area (Å²) in [6.07, 6.45) is 11.0. The summed E-state index contributed by atoms with van der Waals surface area (Å²) < 4.78 is 0. The van der Waals surface area contributed by atoms with Crippen LogP contribution in [0.5, 0.6) is 0 Å². The quantitative estimate of drug-likeness (QED) is 0.148. The van der Waals surface area contributed by atoms with Gasteiger partial charge in [-0.2, -0.15) is 0 Å². The maximum atomic E-state index is 14.1. The Kier molecular flexibility index (Phi) is 7.82. The molecular formula is C45H31N5O4. The Morgan fingerprint density at radius 2 is 1.28 bits per heavy atom. The lowest BCUT2D eigenvalue weighted by Gasteiger charge is -2.32. The first kappa shape index (κ1) is 32.5. The maximum absolute atomic E-state index is 14.1. The van der Waals surface area contributed by atoms with Crippen LogP contribution in [0.3, 0.4) is 0 Å². The summed E-state index contributed by atoms with van der Waals surface area (Å²) in [4.78, 5) is 42.8. The SMILES string of the molecule is O=C(O)C1([N+](=O)[O-])C(c2ccccc2)=C2/C(c3ccccc3)=C3N=C(C=C\3c3ccccc3)/C=c3/cc/c([nH]3)=C/C3=NC(=C\C1N2c1ccccc1)/C=C3. The fourth-order valence-electron chi connectivity index (χ4n) is 7.74. The van der Waals surface area contributed by atoms with Crippen LogP contribution in [0, 0.1) is 10.1 Å². The average molecular weight is 706 g/mol. The molecule has 0 spiro atoms. The first-order chi connectivity index (χ1) is 26.4. The minimum absolute atomic E-state index is 0.0355. The number of hydrogen-bond donors (Lipinski definition) is 2. The monoisotopic (exact) mass is 705 g/mol. The second kappa shape index (κ2) is 13.0. The van der Waals surface area contributed by atoms with E-state index in [-0.39, 0.29) is 5.57 Å². The fraction of sp³-hybridized carbons (Fsp3) is 0.0444. The molecule has 0 saturated heterocycles.